The zero-order valence-corrected chi connectivity index (χ0v) is 15.5. The molecule has 0 aliphatic carbocycles. The van der Waals surface area contributed by atoms with Gasteiger partial charge in [-0.1, -0.05) is 6.92 Å². The lowest BCUT2D eigenvalue weighted by molar-refractivity contribution is -0.119. The zero-order valence-electron chi connectivity index (χ0n) is 15.5. The van der Waals surface area contributed by atoms with Crippen LogP contribution in [0.1, 0.15) is 17.3 Å². The van der Waals surface area contributed by atoms with Crippen LogP contribution in [-0.2, 0) is 4.79 Å². The third kappa shape index (κ3) is 4.93. The number of nitrogens with zero attached hydrogens (tertiary/aromatic N) is 2. The standard InChI is InChI=1S/C18H28N4O3/c1-13(12-19-2)17(23)20-15-11-14(5-6-16(15)25-4)18(24)22-9-7-21(3)8-10-22/h5-6,11,13,19H,7-10,12H2,1-4H3,(H,20,23). The van der Waals surface area contributed by atoms with Crippen molar-refractivity contribution in [2.24, 2.45) is 5.92 Å². The third-order valence-corrected chi connectivity index (χ3v) is 4.45. The number of hydrogen-bond donors (Lipinski definition) is 2. The Hall–Kier alpha value is -2.12. The van der Waals surface area contributed by atoms with Crippen molar-refractivity contribution in [3.05, 3.63) is 23.8 Å². The van der Waals surface area contributed by atoms with E-state index in [-0.39, 0.29) is 17.7 Å². The van der Waals surface area contributed by atoms with E-state index in [4.69, 9.17) is 4.74 Å². The molecule has 1 unspecified atom stereocenters. The average molecular weight is 348 g/mol. The number of amides is 2. The van der Waals surface area contributed by atoms with Crippen LogP contribution < -0.4 is 15.4 Å². The molecule has 0 radical (unpaired) electrons. The lowest BCUT2D eigenvalue weighted by atomic mass is 10.1. The second-order valence-electron chi connectivity index (χ2n) is 6.46. The topological polar surface area (TPSA) is 73.9 Å². The lowest BCUT2D eigenvalue weighted by Crippen LogP contribution is -2.47. The molecule has 0 spiro atoms. The van der Waals surface area contributed by atoms with Crippen molar-refractivity contribution in [3.8, 4) is 5.75 Å². The van der Waals surface area contributed by atoms with Crippen LogP contribution in [0, 0.1) is 5.92 Å². The summed E-state index contributed by atoms with van der Waals surface area (Å²) in [6, 6.07) is 5.16. The van der Waals surface area contributed by atoms with E-state index in [0.717, 1.165) is 13.1 Å². The van der Waals surface area contributed by atoms with E-state index in [1.54, 1.807) is 32.4 Å². The van der Waals surface area contributed by atoms with E-state index in [1.165, 1.54) is 0 Å². The summed E-state index contributed by atoms with van der Waals surface area (Å²) in [7, 11) is 5.40. The monoisotopic (exact) mass is 348 g/mol. The van der Waals surface area contributed by atoms with Crippen molar-refractivity contribution in [2.45, 2.75) is 6.92 Å². The van der Waals surface area contributed by atoms with Crippen molar-refractivity contribution in [2.75, 3.05) is 59.2 Å². The van der Waals surface area contributed by atoms with E-state index in [9.17, 15) is 9.59 Å². The van der Waals surface area contributed by atoms with Gasteiger partial charge in [-0.15, -0.1) is 0 Å². The minimum absolute atomic E-state index is 0.0190. The van der Waals surface area contributed by atoms with Gasteiger partial charge in [0, 0.05) is 44.2 Å². The van der Waals surface area contributed by atoms with Gasteiger partial charge in [-0.05, 0) is 32.3 Å². The molecular weight excluding hydrogens is 320 g/mol. The Bertz CT molecular complexity index is 612. The average Bonchev–Trinajstić information content (AvgIpc) is 2.62. The van der Waals surface area contributed by atoms with E-state index in [2.05, 4.69) is 22.6 Å². The summed E-state index contributed by atoms with van der Waals surface area (Å²) >= 11 is 0. The lowest BCUT2D eigenvalue weighted by Gasteiger charge is -2.32. The van der Waals surface area contributed by atoms with Gasteiger partial charge in [0.15, 0.2) is 0 Å². The number of benzene rings is 1. The fourth-order valence-electron chi connectivity index (χ4n) is 2.79. The van der Waals surface area contributed by atoms with Gasteiger partial charge >= 0.3 is 0 Å². The molecule has 2 N–H and O–H groups in total. The number of nitrogens with one attached hydrogen (secondary N) is 2. The van der Waals surface area contributed by atoms with Crippen molar-refractivity contribution in [3.63, 3.8) is 0 Å². The first-order valence-electron chi connectivity index (χ1n) is 8.57. The molecule has 7 nitrogen and oxygen atoms in total. The first-order valence-corrected chi connectivity index (χ1v) is 8.57. The maximum absolute atomic E-state index is 12.7. The van der Waals surface area contributed by atoms with Crippen LogP contribution in [0.5, 0.6) is 5.75 Å². The SMILES string of the molecule is CNCC(C)C(=O)Nc1cc(C(=O)N2CCN(C)CC2)ccc1OC. The minimum Gasteiger partial charge on any atom is -0.495 e. The van der Waals surface area contributed by atoms with Gasteiger partial charge in [-0.2, -0.15) is 0 Å². The Kier molecular flexibility index (Phi) is 6.78. The fraction of sp³-hybridized carbons (Fsp3) is 0.556. The highest BCUT2D eigenvalue weighted by Gasteiger charge is 2.22. The van der Waals surface area contributed by atoms with Crippen molar-refractivity contribution in [1.82, 2.24) is 15.1 Å². The molecule has 1 fully saturated rings. The van der Waals surface area contributed by atoms with Crippen LogP contribution in [0.2, 0.25) is 0 Å². The molecule has 1 atom stereocenters. The zero-order chi connectivity index (χ0) is 18.4. The highest BCUT2D eigenvalue weighted by Crippen LogP contribution is 2.27. The molecule has 25 heavy (non-hydrogen) atoms. The maximum atomic E-state index is 12.7. The van der Waals surface area contributed by atoms with Gasteiger partial charge in [0.05, 0.1) is 12.8 Å². The summed E-state index contributed by atoms with van der Waals surface area (Å²) in [5, 5.41) is 5.85. The number of anilines is 1. The van der Waals surface area contributed by atoms with Crippen LogP contribution in [0.4, 0.5) is 5.69 Å². The molecule has 1 aromatic carbocycles. The van der Waals surface area contributed by atoms with Gasteiger partial charge in [0.2, 0.25) is 5.91 Å². The number of piperazine rings is 1. The number of carbonyl (C=O) groups is 2. The van der Waals surface area contributed by atoms with E-state index >= 15 is 0 Å². The fourth-order valence-corrected chi connectivity index (χ4v) is 2.79. The van der Waals surface area contributed by atoms with Crippen LogP contribution in [0.15, 0.2) is 18.2 Å². The first-order chi connectivity index (χ1) is 12.0. The van der Waals surface area contributed by atoms with Crippen LogP contribution in [0.25, 0.3) is 0 Å². The van der Waals surface area contributed by atoms with Crippen molar-refractivity contribution >= 4 is 17.5 Å². The molecule has 1 heterocycles. The van der Waals surface area contributed by atoms with Crippen LogP contribution >= 0.6 is 0 Å². The quantitative estimate of drug-likeness (QED) is 0.798. The number of ether oxygens (including phenoxy) is 1. The smallest absolute Gasteiger partial charge is 0.254 e. The Morgan fingerprint density at radius 2 is 1.92 bits per heavy atom. The number of rotatable bonds is 6. The molecular formula is C18H28N4O3. The third-order valence-electron chi connectivity index (χ3n) is 4.45. The van der Waals surface area contributed by atoms with Gasteiger partial charge in [-0.25, -0.2) is 0 Å². The molecule has 1 aliphatic heterocycles. The second-order valence-corrected chi connectivity index (χ2v) is 6.46. The van der Waals surface area contributed by atoms with Crippen LogP contribution in [0.3, 0.4) is 0 Å². The molecule has 1 saturated heterocycles. The molecule has 1 aliphatic rings. The molecule has 7 heteroatoms. The number of methoxy groups -OCH3 is 1. The highest BCUT2D eigenvalue weighted by molar-refractivity contribution is 5.99. The van der Waals surface area contributed by atoms with Gasteiger partial charge in [0.25, 0.3) is 5.91 Å². The Labute approximate surface area is 149 Å². The summed E-state index contributed by atoms with van der Waals surface area (Å²) < 4.78 is 5.32. The molecule has 0 bridgehead atoms. The molecule has 138 valence electrons. The first kappa shape index (κ1) is 19.2. The highest BCUT2D eigenvalue weighted by atomic mass is 16.5. The normalized spacial score (nSPS) is 16.4. The molecule has 1 aromatic rings. The maximum Gasteiger partial charge on any atom is 0.254 e. The number of likely N-dealkylation sites (N-methyl/N-ethyl adjacent to an activating group) is 1. The van der Waals surface area contributed by atoms with Gasteiger partial charge < -0.3 is 25.2 Å². The van der Waals surface area contributed by atoms with E-state index < -0.39 is 0 Å². The van der Waals surface area contributed by atoms with Crippen molar-refractivity contribution < 1.29 is 14.3 Å². The predicted molar refractivity (Wildman–Crippen MR) is 98.1 cm³/mol. The van der Waals surface area contributed by atoms with E-state index in [1.807, 2.05) is 11.8 Å². The Balaban J connectivity index is 2.15. The number of carbonyl (C=O) groups excluding carboxylic acids is 2. The van der Waals surface area contributed by atoms with Crippen LogP contribution in [-0.4, -0.2) is 75.5 Å². The molecule has 2 amide bonds. The van der Waals surface area contributed by atoms with Crippen molar-refractivity contribution in [1.29, 1.82) is 0 Å². The molecule has 0 aromatic heterocycles. The summed E-state index contributed by atoms with van der Waals surface area (Å²) in [6.45, 7) is 5.58. The summed E-state index contributed by atoms with van der Waals surface area (Å²) in [6.07, 6.45) is 0. The van der Waals surface area contributed by atoms with Gasteiger partial charge in [0.1, 0.15) is 5.75 Å². The second kappa shape index (κ2) is 8.82. The molecule has 0 saturated carbocycles. The summed E-state index contributed by atoms with van der Waals surface area (Å²) in [5.41, 5.74) is 1.08. The Morgan fingerprint density at radius 1 is 1.24 bits per heavy atom. The Morgan fingerprint density at radius 3 is 2.52 bits per heavy atom. The predicted octanol–water partition coefficient (Wildman–Crippen LogP) is 0.877. The minimum atomic E-state index is -0.188. The van der Waals surface area contributed by atoms with Gasteiger partial charge in [-0.3, -0.25) is 9.59 Å². The molecule has 2 rings (SSSR count). The number of hydrogen-bond acceptors (Lipinski definition) is 5. The summed E-state index contributed by atoms with van der Waals surface area (Å²) in [4.78, 5) is 29.1. The van der Waals surface area contributed by atoms with E-state index in [0.29, 0.717) is 36.6 Å². The summed E-state index contributed by atoms with van der Waals surface area (Å²) in [5.74, 6) is 0.220. The largest absolute Gasteiger partial charge is 0.495 e.